The van der Waals surface area contributed by atoms with Crippen molar-refractivity contribution in [1.82, 2.24) is 4.57 Å². The van der Waals surface area contributed by atoms with Gasteiger partial charge in [-0.2, -0.15) is 4.57 Å². The average molecular weight is 275 g/mol. The molecular weight excluding hydrogens is 256 g/mol. The second-order valence-electron chi connectivity index (χ2n) is 5.86. The zero-order chi connectivity index (χ0) is 14.4. The van der Waals surface area contributed by atoms with Crippen LogP contribution in [0.3, 0.4) is 0 Å². The smallest absolute Gasteiger partial charge is 0.237 e. The van der Waals surface area contributed by atoms with Gasteiger partial charge in [0.2, 0.25) is 0 Å². The molecule has 2 heteroatoms. The Morgan fingerprint density at radius 1 is 1.10 bits per heavy atom. The van der Waals surface area contributed by atoms with Crippen LogP contribution in [0.1, 0.15) is 30.5 Å². The molecule has 0 amide bonds. The van der Waals surface area contributed by atoms with Crippen LogP contribution in [0.15, 0.2) is 54.7 Å². The van der Waals surface area contributed by atoms with Crippen molar-refractivity contribution in [3.63, 3.8) is 0 Å². The molecule has 0 N–H and O–H groups in total. The molecule has 1 aliphatic carbocycles. The number of pyridine rings is 1. The first-order valence-corrected chi connectivity index (χ1v) is 7.52. The molecule has 0 unspecified atom stereocenters. The van der Waals surface area contributed by atoms with Gasteiger partial charge in [0.25, 0.3) is 5.82 Å². The summed E-state index contributed by atoms with van der Waals surface area (Å²) in [6.45, 7) is 2.32. The third-order valence-corrected chi connectivity index (χ3v) is 4.45. The number of aromatic nitrogens is 2. The first kappa shape index (κ1) is 12.4. The number of fused-ring (bicyclic) bond motifs is 3. The molecule has 0 spiro atoms. The van der Waals surface area contributed by atoms with Gasteiger partial charge in [0, 0.05) is 22.9 Å². The highest BCUT2D eigenvalue weighted by atomic mass is 15.1. The van der Waals surface area contributed by atoms with E-state index in [1.165, 1.54) is 28.0 Å². The van der Waals surface area contributed by atoms with Crippen molar-refractivity contribution in [3.8, 4) is 5.82 Å². The standard InChI is InChI=1S/C19H19N2/c1-14-8-7-10-16-15-9-3-4-11-17(15)21(19(14)16)18-12-5-6-13-20(18)2/h3-7,9-14H,8H2,1-2H3/q+1/t14-/m1/s1. The molecule has 0 saturated heterocycles. The van der Waals surface area contributed by atoms with E-state index in [1.54, 1.807) is 0 Å². The molecule has 0 aliphatic heterocycles. The summed E-state index contributed by atoms with van der Waals surface area (Å²) < 4.78 is 4.62. The lowest BCUT2D eigenvalue weighted by Gasteiger charge is -2.14. The molecule has 0 radical (unpaired) electrons. The number of nitrogens with zero attached hydrogens (tertiary/aromatic N) is 2. The van der Waals surface area contributed by atoms with Gasteiger partial charge in [0.05, 0.1) is 13.2 Å². The van der Waals surface area contributed by atoms with E-state index in [1.807, 2.05) is 0 Å². The maximum atomic E-state index is 2.43. The topological polar surface area (TPSA) is 8.81 Å². The number of hydrogen-bond donors (Lipinski definition) is 0. The summed E-state index contributed by atoms with van der Waals surface area (Å²) in [6.07, 6.45) is 7.81. The molecule has 0 saturated carbocycles. The minimum atomic E-state index is 0.539. The molecule has 2 aromatic heterocycles. The summed E-state index contributed by atoms with van der Waals surface area (Å²) in [5, 5.41) is 1.35. The van der Waals surface area contributed by atoms with E-state index in [-0.39, 0.29) is 0 Å². The molecule has 21 heavy (non-hydrogen) atoms. The maximum absolute atomic E-state index is 2.43. The van der Waals surface area contributed by atoms with Gasteiger partial charge in [0.15, 0.2) is 0 Å². The summed E-state index contributed by atoms with van der Waals surface area (Å²) in [4.78, 5) is 0. The van der Waals surface area contributed by atoms with Crippen LogP contribution in [0.2, 0.25) is 0 Å². The van der Waals surface area contributed by atoms with Gasteiger partial charge >= 0.3 is 0 Å². The van der Waals surface area contributed by atoms with Crippen LogP contribution in [-0.4, -0.2) is 4.57 Å². The monoisotopic (exact) mass is 275 g/mol. The Hall–Kier alpha value is -2.35. The summed E-state index contributed by atoms with van der Waals surface area (Å²) in [5.41, 5.74) is 4.11. The van der Waals surface area contributed by atoms with Gasteiger partial charge in [-0.05, 0) is 24.6 Å². The Morgan fingerprint density at radius 3 is 2.76 bits per heavy atom. The van der Waals surface area contributed by atoms with Gasteiger partial charge in [-0.3, -0.25) is 0 Å². The minimum Gasteiger partial charge on any atom is -0.237 e. The summed E-state index contributed by atoms with van der Waals surface area (Å²) >= 11 is 0. The van der Waals surface area contributed by atoms with Crippen molar-refractivity contribution in [1.29, 1.82) is 0 Å². The second kappa shape index (κ2) is 4.59. The Morgan fingerprint density at radius 2 is 1.90 bits per heavy atom. The average Bonchev–Trinajstić information content (AvgIpc) is 2.84. The highest BCUT2D eigenvalue weighted by Gasteiger charge is 2.29. The third-order valence-electron chi connectivity index (χ3n) is 4.45. The molecule has 1 aromatic carbocycles. The fourth-order valence-corrected chi connectivity index (χ4v) is 3.44. The van der Waals surface area contributed by atoms with Crippen LogP contribution >= 0.6 is 0 Å². The van der Waals surface area contributed by atoms with E-state index < -0.39 is 0 Å². The SMILES string of the molecule is C[C@@H]1CC=Cc2c1n(-c1cccc[n+]1C)c1ccccc21. The van der Waals surface area contributed by atoms with Crippen molar-refractivity contribution in [2.75, 3.05) is 0 Å². The highest BCUT2D eigenvalue weighted by molar-refractivity contribution is 5.93. The van der Waals surface area contributed by atoms with E-state index in [0.717, 1.165) is 6.42 Å². The van der Waals surface area contributed by atoms with Crippen molar-refractivity contribution in [2.24, 2.45) is 7.05 Å². The van der Waals surface area contributed by atoms with Crippen LogP contribution < -0.4 is 4.57 Å². The Bertz CT molecular complexity index is 855. The highest BCUT2D eigenvalue weighted by Crippen LogP contribution is 2.38. The predicted octanol–water partition coefficient (Wildman–Crippen LogP) is 3.98. The van der Waals surface area contributed by atoms with Gasteiger partial charge in [-0.1, -0.05) is 37.3 Å². The van der Waals surface area contributed by atoms with E-state index >= 15 is 0 Å². The van der Waals surface area contributed by atoms with Crippen molar-refractivity contribution < 1.29 is 4.57 Å². The first-order valence-electron chi connectivity index (χ1n) is 7.52. The third kappa shape index (κ3) is 1.75. The molecule has 104 valence electrons. The number of allylic oxidation sites excluding steroid dienone is 1. The van der Waals surface area contributed by atoms with Gasteiger partial charge in [-0.25, -0.2) is 4.57 Å². The molecule has 3 aromatic rings. The molecule has 2 heterocycles. The molecule has 4 rings (SSSR count). The molecular formula is C19H19N2+. The Labute approximate surface area is 125 Å². The van der Waals surface area contributed by atoms with Crippen molar-refractivity contribution in [3.05, 3.63) is 66.0 Å². The number of rotatable bonds is 1. The molecule has 2 nitrogen and oxygen atoms in total. The quantitative estimate of drug-likeness (QED) is 0.594. The largest absolute Gasteiger partial charge is 0.286 e. The molecule has 0 fully saturated rings. The first-order chi connectivity index (χ1) is 10.3. The van der Waals surface area contributed by atoms with Crippen LogP contribution in [0, 0.1) is 0 Å². The lowest BCUT2D eigenvalue weighted by Crippen LogP contribution is -2.33. The maximum Gasteiger partial charge on any atom is 0.286 e. The lowest BCUT2D eigenvalue weighted by molar-refractivity contribution is -0.665. The van der Waals surface area contributed by atoms with Crippen LogP contribution in [0.5, 0.6) is 0 Å². The summed E-state index contributed by atoms with van der Waals surface area (Å²) in [7, 11) is 2.11. The van der Waals surface area contributed by atoms with Crippen molar-refractivity contribution >= 4 is 17.0 Å². The fourth-order valence-electron chi connectivity index (χ4n) is 3.44. The molecule has 1 atom stereocenters. The second-order valence-corrected chi connectivity index (χ2v) is 5.86. The fraction of sp³-hybridized carbons (Fsp3) is 0.211. The Balaban J connectivity index is 2.16. The number of hydrogen-bond acceptors (Lipinski definition) is 0. The van der Waals surface area contributed by atoms with Crippen molar-refractivity contribution in [2.45, 2.75) is 19.3 Å². The van der Waals surface area contributed by atoms with E-state index in [4.69, 9.17) is 0 Å². The molecule has 1 aliphatic rings. The zero-order valence-corrected chi connectivity index (χ0v) is 12.5. The van der Waals surface area contributed by atoms with Gasteiger partial charge in [0.1, 0.15) is 11.2 Å². The number of aryl methyl sites for hydroxylation is 1. The number of para-hydroxylation sites is 1. The van der Waals surface area contributed by atoms with Crippen LogP contribution in [-0.2, 0) is 7.05 Å². The van der Waals surface area contributed by atoms with E-state index in [9.17, 15) is 0 Å². The van der Waals surface area contributed by atoms with E-state index in [0.29, 0.717) is 5.92 Å². The normalized spacial score (nSPS) is 17.1. The number of benzene rings is 1. The summed E-state index contributed by atoms with van der Waals surface area (Å²) in [6, 6.07) is 15.1. The molecule has 0 bridgehead atoms. The minimum absolute atomic E-state index is 0.539. The van der Waals surface area contributed by atoms with Crippen LogP contribution in [0.4, 0.5) is 0 Å². The summed E-state index contributed by atoms with van der Waals surface area (Å²) in [5.74, 6) is 1.76. The zero-order valence-electron chi connectivity index (χ0n) is 12.5. The lowest BCUT2D eigenvalue weighted by atomic mass is 9.93. The van der Waals surface area contributed by atoms with E-state index in [2.05, 4.69) is 83.9 Å². The Kier molecular flexibility index (Phi) is 2.71. The van der Waals surface area contributed by atoms with Crippen LogP contribution in [0.25, 0.3) is 22.8 Å². The van der Waals surface area contributed by atoms with Gasteiger partial charge < -0.3 is 0 Å². The predicted molar refractivity (Wildman–Crippen MR) is 86.5 cm³/mol. The van der Waals surface area contributed by atoms with Gasteiger partial charge in [-0.15, -0.1) is 0 Å².